The molecule has 1 saturated heterocycles. The second-order valence-corrected chi connectivity index (χ2v) is 4.34. The van der Waals surface area contributed by atoms with E-state index in [-0.39, 0.29) is 19.0 Å². The van der Waals surface area contributed by atoms with E-state index in [0.29, 0.717) is 5.92 Å². The highest BCUT2D eigenvalue weighted by Crippen LogP contribution is 2.30. The molecule has 0 radical (unpaired) electrons. The van der Waals surface area contributed by atoms with Crippen LogP contribution in [0.25, 0.3) is 0 Å². The van der Waals surface area contributed by atoms with E-state index in [4.69, 9.17) is 14.6 Å². The fourth-order valence-corrected chi connectivity index (χ4v) is 2.40. The van der Waals surface area contributed by atoms with Gasteiger partial charge in [-0.15, -0.1) is 0 Å². The van der Waals surface area contributed by atoms with Crippen molar-refractivity contribution in [3.8, 4) is 0 Å². The fraction of sp³-hybridized carbons (Fsp3) is 1.00. The minimum absolute atomic E-state index is 0.000833. The van der Waals surface area contributed by atoms with E-state index in [9.17, 15) is 0 Å². The topological polar surface area (TPSA) is 38.7 Å². The monoisotopic (exact) mass is 200 g/mol. The summed E-state index contributed by atoms with van der Waals surface area (Å²) in [6, 6.07) is 0. The normalized spacial score (nSPS) is 38.8. The molecule has 1 aliphatic heterocycles. The fourth-order valence-electron chi connectivity index (χ4n) is 2.40. The summed E-state index contributed by atoms with van der Waals surface area (Å²) in [5, 5.41) is 9.15. The first-order chi connectivity index (χ1) is 6.90. The van der Waals surface area contributed by atoms with E-state index >= 15 is 0 Å². The Hall–Kier alpha value is -0.120. The second kappa shape index (κ2) is 5.10. The van der Waals surface area contributed by atoms with E-state index in [2.05, 4.69) is 0 Å². The summed E-state index contributed by atoms with van der Waals surface area (Å²) < 4.78 is 11.4. The molecule has 2 rings (SSSR count). The molecule has 0 aromatic carbocycles. The first-order valence-electron chi connectivity index (χ1n) is 5.78. The van der Waals surface area contributed by atoms with Gasteiger partial charge in [-0.25, -0.2) is 0 Å². The Balaban J connectivity index is 1.77. The SMILES string of the molecule is OC[C@H]1CCC[C@@H]1O[C@@H]1CCCCO1. The predicted molar refractivity (Wildman–Crippen MR) is 52.9 cm³/mol. The van der Waals surface area contributed by atoms with Crippen LogP contribution in [0.4, 0.5) is 0 Å². The zero-order valence-electron chi connectivity index (χ0n) is 8.65. The minimum Gasteiger partial charge on any atom is -0.396 e. The van der Waals surface area contributed by atoms with E-state index in [1.807, 2.05) is 0 Å². The zero-order chi connectivity index (χ0) is 9.80. The van der Waals surface area contributed by atoms with Crippen molar-refractivity contribution in [1.82, 2.24) is 0 Å². The molecule has 0 amide bonds. The van der Waals surface area contributed by atoms with Crippen LogP contribution in [-0.2, 0) is 9.47 Å². The van der Waals surface area contributed by atoms with Crippen LogP contribution in [0.5, 0.6) is 0 Å². The molecule has 3 atom stereocenters. The van der Waals surface area contributed by atoms with Crippen molar-refractivity contribution >= 4 is 0 Å². The van der Waals surface area contributed by atoms with Crippen LogP contribution in [0, 0.1) is 5.92 Å². The molecular formula is C11H20O3. The molecule has 2 fully saturated rings. The van der Waals surface area contributed by atoms with Gasteiger partial charge in [0.25, 0.3) is 0 Å². The van der Waals surface area contributed by atoms with Crippen molar-refractivity contribution in [3.05, 3.63) is 0 Å². The van der Waals surface area contributed by atoms with Crippen LogP contribution in [-0.4, -0.2) is 30.7 Å². The van der Waals surface area contributed by atoms with Gasteiger partial charge in [-0.1, -0.05) is 6.42 Å². The third-order valence-electron chi connectivity index (χ3n) is 3.29. The summed E-state index contributed by atoms with van der Waals surface area (Å²) in [5.74, 6) is 0.348. The molecule has 2 aliphatic rings. The second-order valence-electron chi connectivity index (χ2n) is 4.34. The average molecular weight is 200 g/mol. The van der Waals surface area contributed by atoms with Gasteiger partial charge in [0.2, 0.25) is 0 Å². The summed E-state index contributed by atoms with van der Waals surface area (Å²) in [5.41, 5.74) is 0. The van der Waals surface area contributed by atoms with Gasteiger partial charge in [-0.3, -0.25) is 0 Å². The Morgan fingerprint density at radius 3 is 2.79 bits per heavy atom. The van der Waals surface area contributed by atoms with Crippen LogP contribution in [0.15, 0.2) is 0 Å². The molecule has 0 spiro atoms. The summed E-state index contributed by atoms with van der Waals surface area (Å²) in [6.45, 7) is 1.10. The van der Waals surface area contributed by atoms with E-state index in [0.717, 1.165) is 32.3 Å². The average Bonchev–Trinajstić information content (AvgIpc) is 2.67. The number of rotatable bonds is 3. The van der Waals surface area contributed by atoms with E-state index in [1.54, 1.807) is 0 Å². The predicted octanol–water partition coefficient (Wildman–Crippen LogP) is 1.69. The zero-order valence-corrected chi connectivity index (χ0v) is 8.65. The van der Waals surface area contributed by atoms with Gasteiger partial charge >= 0.3 is 0 Å². The minimum atomic E-state index is 0.000833. The molecule has 0 aromatic heterocycles. The van der Waals surface area contributed by atoms with Gasteiger partial charge in [0.05, 0.1) is 6.10 Å². The molecule has 1 aliphatic carbocycles. The molecule has 14 heavy (non-hydrogen) atoms. The largest absolute Gasteiger partial charge is 0.396 e. The molecule has 1 N–H and O–H groups in total. The van der Waals surface area contributed by atoms with Gasteiger partial charge in [-0.2, -0.15) is 0 Å². The summed E-state index contributed by atoms with van der Waals surface area (Å²) in [6.07, 6.45) is 7.01. The van der Waals surface area contributed by atoms with Crippen LogP contribution >= 0.6 is 0 Å². The Morgan fingerprint density at radius 1 is 1.14 bits per heavy atom. The number of aliphatic hydroxyl groups excluding tert-OH is 1. The highest BCUT2D eigenvalue weighted by molar-refractivity contribution is 4.78. The lowest BCUT2D eigenvalue weighted by molar-refractivity contribution is -0.196. The molecule has 82 valence electrons. The van der Waals surface area contributed by atoms with E-state index < -0.39 is 0 Å². The Morgan fingerprint density at radius 2 is 2.07 bits per heavy atom. The number of hydrogen-bond acceptors (Lipinski definition) is 3. The van der Waals surface area contributed by atoms with Gasteiger partial charge in [0.1, 0.15) is 0 Å². The molecule has 0 bridgehead atoms. The lowest BCUT2D eigenvalue weighted by Gasteiger charge is -2.28. The maximum atomic E-state index is 9.15. The van der Waals surface area contributed by atoms with Crippen molar-refractivity contribution in [2.24, 2.45) is 5.92 Å². The lowest BCUT2D eigenvalue weighted by atomic mass is 10.1. The number of aliphatic hydroxyl groups is 1. The molecule has 1 saturated carbocycles. The summed E-state index contributed by atoms with van der Waals surface area (Å²) in [4.78, 5) is 0. The Labute approximate surface area is 85.4 Å². The van der Waals surface area contributed by atoms with E-state index in [1.165, 1.54) is 12.8 Å². The highest BCUT2D eigenvalue weighted by atomic mass is 16.7. The summed E-state index contributed by atoms with van der Waals surface area (Å²) >= 11 is 0. The first-order valence-corrected chi connectivity index (χ1v) is 5.78. The smallest absolute Gasteiger partial charge is 0.157 e. The van der Waals surface area contributed by atoms with Gasteiger partial charge in [-0.05, 0) is 32.1 Å². The van der Waals surface area contributed by atoms with Gasteiger partial charge in [0.15, 0.2) is 6.29 Å². The molecule has 0 unspecified atom stereocenters. The molecule has 1 heterocycles. The van der Waals surface area contributed by atoms with Crippen LogP contribution < -0.4 is 0 Å². The third-order valence-corrected chi connectivity index (χ3v) is 3.29. The van der Waals surface area contributed by atoms with Crippen LogP contribution in [0.2, 0.25) is 0 Å². The lowest BCUT2D eigenvalue weighted by Crippen LogP contribution is -2.31. The van der Waals surface area contributed by atoms with Crippen molar-refractivity contribution < 1.29 is 14.6 Å². The Bertz CT molecular complexity index is 166. The number of hydrogen-bond donors (Lipinski definition) is 1. The summed E-state index contributed by atoms with van der Waals surface area (Å²) in [7, 11) is 0. The van der Waals surface area contributed by atoms with Crippen LogP contribution in [0.3, 0.4) is 0 Å². The molecule has 3 heteroatoms. The van der Waals surface area contributed by atoms with Crippen LogP contribution in [0.1, 0.15) is 38.5 Å². The van der Waals surface area contributed by atoms with Crippen molar-refractivity contribution in [2.45, 2.75) is 50.9 Å². The standard InChI is InChI=1S/C11H20O3/c12-8-9-4-3-5-10(9)14-11-6-1-2-7-13-11/h9-12H,1-8H2/t9-,10+,11-/m1/s1. The number of ether oxygens (including phenoxy) is 2. The maximum absolute atomic E-state index is 9.15. The van der Waals surface area contributed by atoms with Crippen molar-refractivity contribution in [1.29, 1.82) is 0 Å². The quantitative estimate of drug-likeness (QED) is 0.753. The maximum Gasteiger partial charge on any atom is 0.157 e. The molecule has 0 aromatic rings. The van der Waals surface area contributed by atoms with Gasteiger partial charge in [0, 0.05) is 19.1 Å². The third kappa shape index (κ3) is 2.47. The van der Waals surface area contributed by atoms with Gasteiger partial charge < -0.3 is 14.6 Å². The molecular weight excluding hydrogens is 180 g/mol. The Kier molecular flexibility index (Phi) is 3.79. The first kappa shape index (κ1) is 10.4. The van der Waals surface area contributed by atoms with Crippen molar-refractivity contribution in [2.75, 3.05) is 13.2 Å². The molecule has 3 nitrogen and oxygen atoms in total. The highest BCUT2D eigenvalue weighted by Gasteiger charge is 2.30. The van der Waals surface area contributed by atoms with Crippen molar-refractivity contribution in [3.63, 3.8) is 0 Å².